The van der Waals surface area contributed by atoms with Gasteiger partial charge in [0.1, 0.15) is 0 Å². The molecule has 18 heavy (non-hydrogen) atoms. The zero-order valence-corrected chi connectivity index (χ0v) is 11.1. The maximum Gasteiger partial charge on any atom is 0.0686 e. The molecular weight excluding hydrogens is 224 g/mol. The molecule has 2 N–H and O–H groups in total. The minimum Gasteiger partial charge on any atom is -0.375 e. The Bertz CT molecular complexity index is 428. The monoisotopic (exact) mass is 246 g/mol. The fraction of sp³-hybridized carbons (Fsp3) is 0.667. The van der Waals surface area contributed by atoms with Crippen LogP contribution in [-0.4, -0.2) is 17.2 Å². The number of hydrogen-bond acceptors (Lipinski definition) is 3. The molecule has 1 saturated carbocycles. The highest BCUT2D eigenvalue weighted by Gasteiger charge is 2.44. The molecule has 1 aromatic heterocycles. The average molecular weight is 246 g/mol. The molecule has 3 heteroatoms. The Morgan fingerprint density at radius 2 is 2.33 bits per heavy atom. The molecule has 3 nitrogen and oxygen atoms in total. The summed E-state index contributed by atoms with van der Waals surface area (Å²) in [4.78, 5) is 4.44. The Kier molecular flexibility index (Phi) is 3.12. The van der Waals surface area contributed by atoms with Crippen molar-refractivity contribution in [3.05, 3.63) is 29.6 Å². The summed E-state index contributed by atoms with van der Waals surface area (Å²) in [5, 5.41) is 0. The van der Waals surface area contributed by atoms with Crippen LogP contribution in [0.25, 0.3) is 0 Å². The largest absolute Gasteiger partial charge is 0.375 e. The van der Waals surface area contributed by atoms with Gasteiger partial charge in [0.05, 0.1) is 17.3 Å². The second-order valence-electron chi connectivity index (χ2n) is 5.92. The molecule has 98 valence electrons. The van der Waals surface area contributed by atoms with E-state index in [1.165, 1.54) is 24.8 Å². The zero-order valence-electron chi connectivity index (χ0n) is 11.1. The van der Waals surface area contributed by atoms with Crippen molar-refractivity contribution >= 4 is 0 Å². The molecule has 1 saturated heterocycles. The van der Waals surface area contributed by atoms with Gasteiger partial charge in [0.25, 0.3) is 0 Å². The molecule has 2 aliphatic rings. The first-order valence-corrected chi connectivity index (χ1v) is 7.01. The van der Waals surface area contributed by atoms with Crippen LogP contribution in [0, 0.1) is 12.8 Å². The van der Waals surface area contributed by atoms with Crippen LogP contribution in [0.4, 0.5) is 0 Å². The van der Waals surface area contributed by atoms with Crippen LogP contribution < -0.4 is 5.73 Å². The molecule has 0 bridgehead atoms. The van der Waals surface area contributed by atoms with E-state index in [9.17, 15) is 0 Å². The number of nitrogens with zero attached hydrogens (tertiary/aromatic N) is 1. The smallest absolute Gasteiger partial charge is 0.0686 e. The van der Waals surface area contributed by atoms with Gasteiger partial charge in [0.2, 0.25) is 0 Å². The summed E-state index contributed by atoms with van der Waals surface area (Å²) in [7, 11) is 0. The molecular formula is C15H22N2O. The molecule has 3 rings (SSSR count). The van der Waals surface area contributed by atoms with E-state index in [0.29, 0.717) is 5.92 Å². The summed E-state index contributed by atoms with van der Waals surface area (Å²) in [6.07, 6.45) is 7.80. The summed E-state index contributed by atoms with van der Waals surface area (Å²) < 4.78 is 5.97. The topological polar surface area (TPSA) is 48.1 Å². The van der Waals surface area contributed by atoms with E-state index in [0.717, 1.165) is 25.1 Å². The van der Waals surface area contributed by atoms with E-state index < -0.39 is 0 Å². The number of aryl methyl sites for hydroxylation is 1. The predicted molar refractivity (Wildman–Crippen MR) is 71.2 cm³/mol. The summed E-state index contributed by atoms with van der Waals surface area (Å²) in [6.45, 7) is 2.96. The molecule has 2 atom stereocenters. The van der Waals surface area contributed by atoms with Crippen LogP contribution in [0.5, 0.6) is 0 Å². The zero-order chi connectivity index (χ0) is 12.6. The van der Waals surface area contributed by atoms with Gasteiger partial charge >= 0.3 is 0 Å². The maximum absolute atomic E-state index is 6.42. The highest BCUT2D eigenvalue weighted by Crippen LogP contribution is 2.46. The fourth-order valence-corrected chi connectivity index (χ4v) is 3.28. The normalized spacial score (nSPS) is 27.8. The van der Waals surface area contributed by atoms with Gasteiger partial charge < -0.3 is 10.5 Å². The van der Waals surface area contributed by atoms with Gasteiger partial charge in [0, 0.05) is 12.8 Å². The van der Waals surface area contributed by atoms with E-state index in [-0.39, 0.29) is 11.6 Å². The molecule has 2 unspecified atom stereocenters. The minimum atomic E-state index is 0.0614. The Hall–Kier alpha value is -0.930. The van der Waals surface area contributed by atoms with Crippen molar-refractivity contribution in [2.75, 3.05) is 6.61 Å². The third-order valence-electron chi connectivity index (χ3n) is 4.58. The van der Waals surface area contributed by atoms with Crippen molar-refractivity contribution in [2.45, 2.75) is 50.7 Å². The molecule has 0 amide bonds. The van der Waals surface area contributed by atoms with Gasteiger partial charge in [-0.15, -0.1) is 0 Å². The second-order valence-corrected chi connectivity index (χ2v) is 5.92. The van der Waals surface area contributed by atoms with Gasteiger partial charge in [-0.2, -0.15) is 0 Å². The summed E-state index contributed by atoms with van der Waals surface area (Å²) in [6, 6.07) is 4.20. The van der Waals surface area contributed by atoms with Gasteiger partial charge in [-0.05, 0) is 62.6 Å². The van der Waals surface area contributed by atoms with Gasteiger partial charge in [-0.1, -0.05) is 0 Å². The molecule has 1 aliphatic carbocycles. The molecule has 2 fully saturated rings. The number of aromatic nitrogens is 1. The number of ether oxygens (including phenoxy) is 1. The molecule has 0 aromatic carbocycles. The average Bonchev–Trinajstić information content (AvgIpc) is 2.36. The standard InChI is InChI=1S/C15H22N2O/c1-11-3-7-17-13(9-11)14(16)12-4-8-18-15(10-12)5-2-6-15/h3,7,9,12,14H,2,4-6,8,10,16H2,1H3. The highest BCUT2D eigenvalue weighted by molar-refractivity contribution is 5.18. The lowest BCUT2D eigenvalue weighted by atomic mass is 9.70. The molecule has 0 radical (unpaired) electrons. The van der Waals surface area contributed by atoms with Gasteiger partial charge in [-0.25, -0.2) is 0 Å². The second kappa shape index (κ2) is 4.63. The van der Waals surface area contributed by atoms with E-state index in [2.05, 4.69) is 18.0 Å². The van der Waals surface area contributed by atoms with Crippen LogP contribution in [0.3, 0.4) is 0 Å². The first-order valence-electron chi connectivity index (χ1n) is 7.01. The number of pyridine rings is 1. The van der Waals surface area contributed by atoms with Gasteiger partial charge in [0.15, 0.2) is 0 Å². The SMILES string of the molecule is Cc1ccnc(C(N)C2CCOC3(CCC3)C2)c1. The lowest BCUT2D eigenvalue weighted by Gasteiger charge is -2.48. The van der Waals surface area contributed by atoms with Crippen LogP contribution in [0.2, 0.25) is 0 Å². The van der Waals surface area contributed by atoms with E-state index in [4.69, 9.17) is 10.5 Å². The molecule has 2 heterocycles. The lowest BCUT2D eigenvalue weighted by molar-refractivity contribution is -0.146. The van der Waals surface area contributed by atoms with Crippen molar-refractivity contribution in [1.82, 2.24) is 4.98 Å². The van der Waals surface area contributed by atoms with E-state index in [1.54, 1.807) is 0 Å². The highest BCUT2D eigenvalue weighted by atomic mass is 16.5. The van der Waals surface area contributed by atoms with Crippen molar-refractivity contribution in [2.24, 2.45) is 11.7 Å². The lowest BCUT2D eigenvalue weighted by Crippen LogP contribution is -2.47. The summed E-state index contributed by atoms with van der Waals surface area (Å²) in [5.74, 6) is 0.522. The molecule has 1 aromatic rings. The Balaban J connectivity index is 1.73. The molecule has 1 spiro atoms. The van der Waals surface area contributed by atoms with Crippen LogP contribution in [0.15, 0.2) is 18.3 Å². The summed E-state index contributed by atoms with van der Waals surface area (Å²) >= 11 is 0. The predicted octanol–water partition coefficient (Wildman–Crippen LogP) is 2.74. The number of nitrogens with two attached hydrogens (primary N) is 1. The molecule has 1 aliphatic heterocycles. The third kappa shape index (κ3) is 2.17. The van der Waals surface area contributed by atoms with Crippen molar-refractivity contribution in [3.8, 4) is 0 Å². The number of rotatable bonds is 2. The van der Waals surface area contributed by atoms with E-state index >= 15 is 0 Å². The quantitative estimate of drug-likeness (QED) is 0.873. The van der Waals surface area contributed by atoms with Crippen LogP contribution in [0.1, 0.15) is 49.4 Å². The van der Waals surface area contributed by atoms with Gasteiger partial charge in [-0.3, -0.25) is 4.98 Å². The van der Waals surface area contributed by atoms with E-state index in [1.807, 2.05) is 12.3 Å². The Morgan fingerprint density at radius 3 is 3.00 bits per heavy atom. The Labute approximate surface area is 109 Å². The maximum atomic E-state index is 6.42. The Morgan fingerprint density at radius 1 is 1.50 bits per heavy atom. The van der Waals surface area contributed by atoms with Crippen molar-refractivity contribution in [1.29, 1.82) is 0 Å². The third-order valence-corrected chi connectivity index (χ3v) is 4.58. The van der Waals surface area contributed by atoms with Crippen LogP contribution >= 0.6 is 0 Å². The fourth-order valence-electron chi connectivity index (χ4n) is 3.28. The minimum absolute atomic E-state index is 0.0614. The first kappa shape index (κ1) is 12.1. The first-order chi connectivity index (χ1) is 8.69. The van der Waals surface area contributed by atoms with Crippen LogP contribution in [-0.2, 0) is 4.74 Å². The summed E-state index contributed by atoms with van der Waals surface area (Å²) in [5.41, 5.74) is 8.87. The number of hydrogen-bond donors (Lipinski definition) is 1. The van der Waals surface area contributed by atoms with Crippen molar-refractivity contribution < 1.29 is 4.74 Å². The van der Waals surface area contributed by atoms with Crippen molar-refractivity contribution in [3.63, 3.8) is 0 Å².